The second-order valence-electron chi connectivity index (χ2n) is 6.34. The van der Waals surface area contributed by atoms with Crippen LogP contribution in [0.1, 0.15) is 15.9 Å². The molecule has 2 atom stereocenters. The van der Waals surface area contributed by atoms with Crippen LogP contribution in [0.2, 0.25) is 0 Å². The predicted octanol–water partition coefficient (Wildman–Crippen LogP) is 3.96. The number of ether oxygens (including phenoxy) is 1. The summed E-state index contributed by atoms with van der Waals surface area (Å²) in [4.78, 5) is 17.3. The lowest BCUT2D eigenvalue weighted by Crippen LogP contribution is -2.42. The minimum absolute atomic E-state index is 0.138. The Morgan fingerprint density at radius 2 is 2.12 bits per heavy atom. The van der Waals surface area contributed by atoms with Crippen LogP contribution in [0.15, 0.2) is 58.0 Å². The molecule has 2 heterocycles. The van der Waals surface area contributed by atoms with E-state index in [9.17, 15) is 9.18 Å². The maximum absolute atomic E-state index is 14.0. The first-order valence-corrected chi connectivity index (χ1v) is 9.98. The van der Waals surface area contributed by atoms with E-state index in [4.69, 9.17) is 9.73 Å². The van der Waals surface area contributed by atoms with Crippen molar-refractivity contribution in [2.75, 3.05) is 19.0 Å². The Morgan fingerprint density at radius 1 is 1.31 bits per heavy atom. The Labute approximate surface area is 163 Å². The van der Waals surface area contributed by atoms with Crippen molar-refractivity contribution in [1.29, 1.82) is 0 Å². The molecule has 2 unspecified atom stereocenters. The molecule has 0 radical (unpaired) electrons. The molecule has 4 rings (SSSR count). The average Bonchev–Trinajstić information content (AvgIpc) is 3.06. The van der Waals surface area contributed by atoms with Crippen LogP contribution in [-0.2, 0) is 10.3 Å². The van der Waals surface area contributed by atoms with Gasteiger partial charge in [0.2, 0.25) is 0 Å². The molecule has 1 fully saturated rings. The molecule has 2 aromatic rings. The first-order chi connectivity index (χ1) is 12.6. The zero-order valence-corrected chi connectivity index (χ0v) is 16.1. The molecule has 0 spiro atoms. The van der Waals surface area contributed by atoms with Crippen LogP contribution < -0.4 is 5.32 Å². The summed E-state index contributed by atoms with van der Waals surface area (Å²) in [5, 5.41) is 3.43. The number of carbonyl (C=O) groups excluding carboxylic acids is 1. The summed E-state index contributed by atoms with van der Waals surface area (Å²) < 4.78 is 20.3. The second-order valence-corrected chi connectivity index (χ2v) is 8.27. The fraction of sp³-hybridized carbons (Fsp3) is 0.263. The Balaban J connectivity index is 1.68. The van der Waals surface area contributed by atoms with E-state index in [0.29, 0.717) is 28.4 Å². The molecule has 26 heavy (non-hydrogen) atoms. The monoisotopic (exact) mass is 434 g/mol. The van der Waals surface area contributed by atoms with Crippen LogP contribution in [0.3, 0.4) is 0 Å². The molecule has 1 amide bonds. The summed E-state index contributed by atoms with van der Waals surface area (Å²) in [5.41, 5.74) is 0.664. The highest BCUT2D eigenvalue weighted by molar-refractivity contribution is 9.10. The SMILES string of the molecule is O=C(NC1=NC2(c3cc(F)cc(Br)c3)COCC2CS1)c1ccccc1. The third-order valence-electron chi connectivity index (χ3n) is 4.66. The van der Waals surface area contributed by atoms with Gasteiger partial charge in [0.1, 0.15) is 11.4 Å². The molecule has 1 N–H and O–H groups in total. The van der Waals surface area contributed by atoms with Crippen molar-refractivity contribution in [3.05, 3.63) is 69.9 Å². The Bertz CT molecular complexity index is 857. The topological polar surface area (TPSA) is 50.7 Å². The number of hydrogen-bond acceptors (Lipinski definition) is 4. The fourth-order valence-electron chi connectivity index (χ4n) is 3.33. The Hall–Kier alpha value is -1.70. The minimum Gasteiger partial charge on any atom is -0.378 e. The van der Waals surface area contributed by atoms with E-state index >= 15 is 0 Å². The molecule has 134 valence electrons. The summed E-state index contributed by atoms with van der Waals surface area (Å²) in [6.07, 6.45) is 0. The maximum Gasteiger partial charge on any atom is 0.257 e. The highest BCUT2D eigenvalue weighted by Gasteiger charge is 2.48. The van der Waals surface area contributed by atoms with Crippen LogP contribution in [0.25, 0.3) is 0 Å². The summed E-state index contributed by atoms with van der Waals surface area (Å²) in [6, 6.07) is 13.8. The lowest BCUT2D eigenvalue weighted by Gasteiger charge is -2.34. The number of benzene rings is 2. The number of amides is 1. The van der Waals surface area contributed by atoms with Crippen LogP contribution in [0, 0.1) is 11.7 Å². The molecule has 2 aliphatic rings. The van der Waals surface area contributed by atoms with E-state index in [2.05, 4.69) is 21.2 Å². The van der Waals surface area contributed by atoms with Gasteiger partial charge in [0, 0.05) is 21.7 Å². The molecule has 4 nitrogen and oxygen atoms in total. The smallest absolute Gasteiger partial charge is 0.257 e. The van der Waals surface area contributed by atoms with Crippen molar-refractivity contribution in [2.24, 2.45) is 10.9 Å². The van der Waals surface area contributed by atoms with E-state index in [1.54, 1.807) is 12.1 Å². The lowest BCUT2D eigenvalue weighted by atomic mass is 9.82. The molecule has 1 saturated heterocycles. The van der Waals surface area contributed by atoms with Gasteiger partial charge in [-0.15, -0.1) is 0 Å². The van der Waals surface area contributed by atoms with Gasteiger partial charge in [0.15, 0.2) is 5.17 Å². The highest BCUT2D eigenvalue weighted by Crippen LogP contribution is 2.45. The number of halogens is 2. The number of carbonyl (C=O) groups is 1. The third kappa shape index (κ3) is 3.31. The number of fused-ring (bicyclic) bond motifs is 1. The first kappa shape index (κ1) is 17.7. The standard InChI is InChI=1S/C19H16BrFN2O2S/c20-15-6-13(7-16(21)8-15)19-11-25-9-14(19)10-26-18(23-19)22-17(24)12-4-2-1-3-5-12/h1-8,14H,9-11H2,(H,22,23,24). The number of thioether (sulfide) groups is 1. The number of nitrogens with one attached hydrogen (secondary N) is 1. The van der Waals surface area contributed by atoms with Crippen molar-refractivity contribution >= 4 is 38.8 Å². The molecule has 0 bridgehead atoms. The molecule has 2 aromatic carbocycles. The maximum atomic E-state index is 14.0. The number of rotatable bonds is 2. The number of nitrogens with zero attached hydrogens (tertiary/aromatic N) is 1. The number of hydrogen-bond donors (Lipinski definition) is 1. The largest absolute Gasteiger partial charge is 0.378 e. The Morgan fingerprint density at radius 3 is 2.88 bits per heavy atom. The fourth-order valence-corrected chi connectivity index (χ4v) is 4.91. The van der Waals surface area contributed by atoms with E-state index < -0.39 is 5.54 Å². The first-order valence-electron chi connectivity index (χ1n) is 8.20. The number of amidine groups is 1. The van der Waals surface area contributed by atoms with Crippen LogP contribution >= 0.6 is 27.7 Å². The van der Waals surface area contributed by atoms with E-state index in [-0.39, 0.29) is 17.6 Å². The van der Waals surface area contributed by atoms with E-state index in [1.807, 2.05) is 24.3 Å². The van der Waals surface area contributed by atoms with Crippen molar-refractivity contribution in [3.8, 4) is 0 Å². The normalized spacial score (nSPS) is 24.7. The molecular formula is C19H16BrFN2O2S. The third-order valence-corrected chi connectivity index (χ3v) is 6.15. The van der Waals surface area contributed by atoms with Gasteiger partial charge in [-0.2, -0.15) is 0 Å². The highest BCUT2D eigenvalue weighted by atomic mass is 79.9. The van der Waals surface area contributed by atoms with Gasteiger partial charge in [-0.25, -0.2) is 9.38 Å². The summed E-state index contributed by atoms with van der Waals surface area (Å²) in [6.45, 7) is 0.948. The summed E-state index contributed by atoms with van der Waals surface area (Å²) in [5.74, 6) is 0.364. The van der Waals surface area contributed by atoms with Gasteiger partial charge in [-0.3, -0.25) is 4.79 Å². The zero-order chi connectivity index (χ0) is 18.1. The van der Waals surface area contributed by atoms with Crippen LogP contribution in [0.4, 0.5) is 4.39 Å². The van der Waals surface area contributed by atoms with Crippen LogP contribution in [0.5, 0.6) is 0 Å². The van der Waals surface area contributed by atoms with Crippen molar-refractivity contribution in [1.82, 2.24) is 5.32 Å². The molecular weight excluding hydrogens is 419 g/mol. The Kier molecular flexibility index (Phi) is 4.86. The van der Waals surface area contributed by atoms with Gasteiger partial charge in [-0.1, -0.05) is 45.9 Å². The van der Waals surface area contributed by atoms with E-state index in [1.165, 1.54) is 23.9 Å². The average molecular weight is 435 g/mol. The molecule has 0 aliphatic carbocycles. The lowest BCUT2D eigenvalue weighted by molar-refractivity contribution is 0.0977. The number of aliphatic imine (C=N–C) groups is 1. The molecule has 2 aliphatic heterocycles. The van der Waals surface area contributed by atoms with E-state index in [0.717, 1.165) is 11.3 Å². The van der Waals surface area contributed by atoms with Crippen molar-refractivity contribution < 1.29 is 13.9 Å². The molecule has 7 heteroatoms. The predicted molar refractivity (Wildman–Crippen MR) is 104 cm³/mol. The minimum atomic E-state index is -0.671. The molecule has 0 saturated carbocycles. The van der Waals surface area contributed by atoms with Crippen molar-refractivity contribution in [3.63, 3.8) is 0 Å². The zero-order valence-electron chi connectivity index (χ0n) is 13.7. The van der Waals surface area contributed by atoms with Gasteiger partial charge in [0.25, 0.3) is 5.91 Å². The van der Waals surface area contributed by atoms with Crippen molar-refractivity contribution in [2.45, 2.75) is 5.54 Å². The van der Waals surface area contributed by atoms with Gasteiger partial charge >= 0.3 is 0 Å². The quantitative estimate of drug-likeness (QED) is 0.777. The van der Waals surface area contributed by atoms with Gasteiger partial charge < -0.3 is 10.1 Å². The van der Waals surface area contributed by atoms with Gasteiger partial charge in [-0.05, 0) is 35.9 Å². The van der Waals surface area contributed by atoms with Crippen LogP contribution in [-0.4, -0.2) is 30.0 Å². The molecule has 0 aromatic heterocycles. The summed E-state index contributed by atoms with van der Waals surface area (Å²) >= 11 is 4.85. The second kappa shape index (κ2) is 7.13. The van der Waals surface area contributed by atoms with Gasteiger partial charge in [0.05, 0.1) is 13.2 Å². The summed E-state index contributed by atoms with van der Waals surface area (Å²) in [7, 11) is 0.